The number of carbonyl (C=O) groups is 1. The lowest BCUT2D eigenvalue weighted by atomic mass is 10.1. The molecule has 152 valence electrons. The van der Waals surface area contributed by atoms with Crippen LogP contribution in [0.25, 0.3) is 11.0 Å². The highest BCUT2D eigenvalue weighted by Gasteiger charge is 2.18. The van der Waals surface area contributed by atoms with Crippen LogP contribution in [0.3, 0.4) is 0 Å². The number of fused-ring (bicyclic) bond motifs is 1. The van der Waals surface area contributed by atoms with E-state index in [1.54, 1.807) is 0 Å². The van der Waals surface area contributed by atoms with Gasteiger partial charge in [0.25, 0.3) is 0 Å². The number of nitrogens with one attached hydrogen (secondary N) is 1. The van der Waals surface area contributed by atoms with Gasteiger partial charge in [0.15, 0.2) is 0 Å². The molecule has 0 spiro atoms. The predicted molar refractivity (Wildman–Crippen MR) is 117 cm³/mol. The molecule has 3 rings (SSSR count). The van der Waals surface area contributed by atoms with Crippen LogP contribution in [0.2, 0.25) is 0 Å². The zero-order valence-corrected chi connectivity index (χ0v) is 17.2. The number of hydrogen-bond donors (Lipinski definition) is 1. The largest absolute Gasteiger partial charge is 0.491 e. The van der Waals surface area contributed by atoms with Gasteiger partial charge in [-0.3, -0.25) is 4.79 Å². The third-order valence-electron chi connectivity index (χ3n) is 4.84. The Bertz CT molecular complexity index is 977. The standard InChI is InChI=1S/C24H29N3O2/c1-4-10-19-12-6-9-15-22(19)29-17-16-27-21-14-8-7-13-20(21)26-24(27)18(3)25-23(28)11-5-2/h4,6-9,12-15,18H,1,5,10-11,16-17H2,2-3H3,(H,25,28). The molecule has 1 heterocycles. The van der Waals surface area contributed by atoms with E-state index >= 15 is 0 Å². The van der Waals surface area contributed by atoms with Gasteiger partial charge in [-0.2, -0.15) is 0 Å². The number of carbonyl (C=O) groups excluding carboxylic acids is 1. The predicted octanol–water partition coefficient (Wildman–Crippen LogP) is 4.82. The van der Waals surface area contributed by atoms with Crippen molar-refractivity contribution >= 4 is 16.9 Å². The summed E-state index contributed by atoms with van der Waals surface area (Å²) in [5.41, 5.74) is 3.09. The monoisotopic (exact) mass is 391 g/mol. The Morgan fingerprint density at radius 1 is 1.24 bits per heavy atom. The summed E-state index contributed by atoms with van der Waals surface area (Å²) in [6.07, 6.45) is 4.00. The third-order valence-corrected chi connectivity index (χ3v) is 4.84. The number of ether oxygens (including phenoxy) is 1. The second-order valence-corrected chi connectivity index (χ2v) is 7.10. The zero-order chi connectivity index (χ0) is 20.6. The smallest absolute Gasteiger partial charge is 0.220 e. The zero-order valence-electron chi connectivity index (χ0n) is 17.2. The number of amides is 1. The molecule has 2 aromatic carbocycles. The number of para-hydroxylation sites is 3. The SMILES string of the molecule is C=CCc1ccccc1OCCn1c(C(C)NC(=O)CCC)nc2ccccc21. The number of aromatic nitrogens is 2. The molecule has 5 nitrogen and oxygen atoms in total. The lowest BCUT2D eigenvalue weighted by Gasteiger charge is -2.17. The van der Waals surface area contributed by atoms with Crippen LogP contribution in [-0.2, 0) is 17.8 Å². The molecule has 29 heavy (non-hydrogen) atoms. The molecular weight excluding hydrogens is 362 g/mol. The Balaban J connectivity index is 1.79. The second kappa shape index (κ2) is 9.92. The average Bonchev–Trinajstić information content (AvgIpc) is 3.08. The Morgan fingerprint density at radius 2 is 2.00 bits per heavy atom. The summed E-state index contributed by atoms with van der Waals surface area (Å²) in [6, 6.07) is 15.9. The van der Waals surface area contributed by atoms with Crippen LogP contribution in [0.15, 0.2) is 61.2 Å². The molecule has 5 heteroatoms. The molecule has 1 aromatic heterocycles. The molecule has 1 unspecified atom stereocenters. The first kappa shape index (κ1) is 20.6. The van der Waals surface area contributed by atoms with E-state index in [0.717, 1.165) is 41.0 Å². The van der Waals surface area contributed by atoms with Gasteiger partial charge in [0.1, 0.15) is 18.2 Å². The summed E-state index contributed by atoms with van der Waals surface area (Å²) in [5, 5.41) is 3.06. The molecule has 0 saturated carbocycles. The molecule has 0 aliphatic carbocycles. The third kappa shape index (κ3) is 5.05. The van der Waals surface area contributed by atoms with Crippen LogP contribution in [0.5, 0.6) is 5.75 Å². The van der Waals surface area contributed by atoms with Crippen molar-refractivity contribution in [2.45, 2.75) is 45.7 Å². The van der Waals surface area contributed by atoms with Crippen LogP contribution in [-0.4, -0.2) is 22.1 Å². The maximum absolute atomic E-state index is 12.1. The van der Waals surface area contributed by atoms with Gasteiger partial charge in [0.05, 0.1) is 23.6 Å². The lowest BCUT2D eigenvalue weighted by molar-refractivity contribution is -0.121. The van der Waals surface area contributed by atoms with Gasteiger partial charge >= 0.3 is 0 Å². The number of hydrogen-bond acceptors (Lipinski definition) is 3. The normalized spacial score (nSPS) is 11.9. The van der Waals surface area contributed by atoms with Crippen molar-refractivity contribution in [3.63, 3.8) is 0 Å². The molecule has 0 fully saturated rings. The highest BCUT2D eigenvalue weighted by atomic mass is 16.5. The van der Waals surface area contributed by atoms with Crippen molar-refractivity contribution in [1.29, 1.82) is 0 Å². The van der Waals surface area contributed by atoms with Crippen LogP contribution in [0.1, 0.15) is 44.1 Å². The van der Waals surface area contributed by atoms with Crippen LogP contribution in [0.4, 0.5) is 0 Å². The summed E-state index contributed by atoms with van der Waals surface area (Å²) in [6.45, 7) is 8.95. The minimum absolute atomic E-state index is 0.0493. The van der Waals surface area contributed by atoms with Crippen molar-refractivity contribution in [3.8, 4) is 5.75 Å². The molecular formula is C24H29N3O2. The molecule has 0 saturated heterocycles. The maximum Gasteiger partial charge on any atom is 0.220 e. The van der Waals surface area contributed by atoms with E-state index in [1.807, 2.05) is 56.3 Å². The van der Waals surface area contributed by atoms with E-state index in [1.165, 1.54) is 0 Å². The van der Waals surface area contributed by atoms with Crippen molar-refractivity contribution in [2.75, 3.05) is 6.61 Å². The fourth-order valence-corrected chi connectivity index (χ4v) is 3.48. The van der Waals surface area contributed by atoms with E-state index in [9.17, 15) is 4.79 Å². The molecule has 0 aliphatic rings. The summed E-state index contributed by atoms with van der Waals surface area (Å²) >= 11 is 0. The summed E-state index contributed by atoms with van der Waals surface area (Å²) < 4.78 is 8.22. The average molecular weight is 392 g/mol. The molecule has 3 aromatic rings. The second-order valence-electron chi connectivity index (χ2n) is 7.10. The van der Waals surface area contributed by atoms with Crippen molar-refractivity contribution in [1.82, 2.24) is 14.9 Å². The topological polar surface area (TPSA) is 56.1 Å². The van der Waals surface area contributed by atoms with E-state index in [4.69, 9.17) is 9.72 Å². The number of nitrogens with zero attached hydrogens (tertiary/aromatic N) is 2. The van der Waals surface area contributed by atoms with Crippen molar-refractivity contribution < 1.29 is 9.53 Å². The van der Waals surface area contributed by atoms with E-state index in [-0.39, 0.29) is 11.9 Å². The van der Waals surface area contributed by atoms with E-state index in [2.05, 4.69) is 28.6 Å². The quantitative estimate of drug-likeness (QED) is 0.504. The minimum Gasteiger partial charge on any atom is -0.491 e. The molecule has 0 radical (unpaired) electrons. The molecule has 1 N–H and O–H groups in total. The fraction of sp³-hybridized carbons (Fsp3) is 0.333. The van der Waals surface area contributed by atoms with Gasteiger partial charge in [0, 0.05) is 6.42 Å². The molecule has 1 atom stereocenters. The summed E-state index contributed by atoms with van der Waals surface area (Å²) in [5.74, 6) is 1.77. The van der Waals surface area contributed by atoms with E-state index < -0.39 is 0 Å². The molecule has 0 bridgehead atoms. The molecule has 1 amide bonds. The van der Waals surface area contributed by atoms with Gasteiger partial charge in [-0.15, -0.1) is 6.58 Å². The number of imidazole rings is 1. The van der Waals surface area contributed by atoms with Gasteiger partial charge in [-0.1, -0.05) is 43.3 Å². The first-order chi connectivity index (χ1) is 14.1. The van der Waals surface area contributed by atoms with Gasteiger partial charge in [-0.25, -0.2) is 4.98 Å². The summed E-state index contributed by atoms with van der Waals surface area (Å²) in [7, 11) is 0. The summed E-state index contributed by atoms with van der Waals surface area (Å²) in [4.78, 5) is 16.8. The number of allylic oxidation sites excluding steroid dienone is 1. The minimum atomic E-state index is -0.172. The number of benzene rings is 2. The van der Waals surface area contributed by atoms with Crippen LogP contribution >= 0.6 is 0 Å². The van der Waals surface area contributed by atoms with Gasteiger partial charge in [-0.05, 0) is 43.5 Å². The van der Waals surface area contributed by atoms with Crippen molar-refractivity contribution in [2.24, 2.45) is 0 Å². The Morgan fingerprint density at radius 3 is 2.79 bits per heavy atom. The fourth-order valence-electron chi connectivity index (χ4n) is 3.48. The van der Waals surface area contributed by atoms with Crippen LogP contribution < -0.4 is 10.1 Å². The Hall–Kier alpha value is -3.08. The Labute approximate surface area is 172 Å². The highest BCUT2D eigenvalue weighted by Crippen LogP contribution is 2.22. The van der Waals surface area contributed by atoms with Crippen molar-refractivity contribution in [3.05, 3.63) is 72.6 Å². The first-order valence-corrected chi connectivity index (χ1v) is 10.2. The van der Waals surface area contributed by atoms with Gasteiger partial charge < -0.3 is 14.6 Å². The Kier molecular flexibility index (Phi) is 7.06. The number of rotatable bonds is 10. The van der Waals surface area contributed by atoms with E-state index in [0.29, 0.717) is 19.6 Å². The highest BCUT2D eigenvalue weighted by molar-refractivity contribution is 5.78. The lowest BCUT2D eigenvalue weighted by Crippen LogP contribution is -2.28. The van der Waals surface area contributed by atoms with Gasteiger partial charge in [0.2, 0.25) is 5.91 Å². The molecule has 0 aliphatic heterocycles. The maximum atomic E-state index is 12.1. The van der Waals surface area contributed by atoms with Crippen LogP contribution in [0, 0.1) is 0 Å². The first-order valence-electron chi connectivity index (χ1n) is 10.2.